The lowest BCUT2D eigenvalue weighted by atomic mass is 9.98. The molecule has 4 heteroatoms. The topological polar surface area (TPSA) is 34.8 Å². The van der Waals surface area contributed by atoms with Crippen LogP contribution in [0, 0.1) is 0 Å². The average molecular weight is 273 g/mol. The number of fused-ring (bicyclic) bond motifs is 1. The Labute approximate surface area is 118 Å². The van der Waals surface area contributed by atoms with E-state index in [0.29, 0.717) is 0 Å². The van der Waals surface area contributed by atoms with Gasteiger partial charge in [-0.2, -0.15) is 0 Å². The van der Waals surface area contributed by atoms with Gasteiger partial charge in [-0.05, 0) is 41.8 Å². The maximum Gasteiger partial charge on any atom is 0.161 e. The highest BCUT2D eigenvalue weighted by molar-refractivity contribution is 5.48. The number of benzene rings is 1. The molecular formula is C16H19NO3. The summed E-state index contributed by atoms with van der Waals surface area (Å²) in [7, 11) is 3.35. The van der Waals surface area contributed by atoms with Crippen LogP contribution in [0.2, 0.25) is 0 Å². The van der Waals surface area contributed by atoms with Gasteiger partial charge in [-0.15, -0.1) is 0 Å². The van der Waals surface area contributed by atoms with E-state index in [9.17, 15) is 0 Å². The van der Waals surface area contributed by atoms with Crippen LogP contribution in [-0.2, 0) is 19.5 Å². The van der Waals surface area contributed by atoms with Crippen LogP contribution in [-0.4, -0.2) is 25.7 Å². The number of methoxy groups -OCH3 is 2. The van der Waals surface area contributed by atoms with Crippen molar-refractivity contribution in [3.8, 4) is 11.5 Å². The summed E-state index contributed by atoms with van der Waals surface area (Å²) in [4.78, 5) is 2.38. The highest BCUT2D eigenvalue weighted by atomic mass is 16.5. The zero-order chi connectivity index (χ0) is 13.9. The largest absolute Gasteiger partial charge is 0.493 e. The lowest BCUT2D eigenvalue weighted by Crippen LogP contribution is -2.29. The number of ether oxygens (including phenoxy) is 2. The van der Waals surface area contributed by atoms with Gasteiger partial charge in [-0.1, -0.05) is 0 Å². The molecular weight excluding hydrogens is 254 g/mol. The first-order chi connectivity index (χ1) is 9.80. The Balaban J connectivity index is 1.80. The molecule has 0 aliphatic carbocycles. The van der Waals surface area contributed by atoms with Crippen molar-refractivity contribution in [2.45, 2.75) is 19.5 Å². The van der Waals surface area contributed by atoms with E-state index >= 15 is 0 Å². The summed E-state index contributed by atoms with van der Waals surface area (Å²) in [5.74, 6) is 2.62. The van der Waals surface area contributed by atoms with Gasteiger partial charge in [0.05, 0.1) is 27.0 Å². The van der Waals surface area contributed by atoms with Gasteiger partial charge in [0, 0.05) is 13.1 Å². The minimum absolute atomic E-state index is 0.797. The normalized spacial score (nSPS) is 14.9. The van der Waals surface area contributed by atoms with E-state index < -0.39 is 0 Å². The molecule has 3 rings (SSSR count). The lowest BCUT2D eigenvalue weighted by Gasteiger charge is -2.28. The predicted molar refractivity (Wildman–Crippen MR) is 76.1 cm³/mol. The van der Waals surface area contributed by atoms with Crippen LogP contribution >= 0.6 is 0 Å². The van der Waals surface area contributed by atoms with E-state index in [2.05, 4.69) is 17.0 Å². The van der Waals surface area contributed by atoms with Crippen LogP contribution in [0.15, 0.2) is 34.9 Å². The van der Waals surface area contributed by atoms with Crippen LogP contribution in [0.4, 0.5) is 0 Å². The smallest absolute Gasteiger partial charge is 0.161 e. The van der Waals surface area contributed by atoms with Crippen LogP contribution < -0.4 is 9.47 Å². The molecule has 0 atom stereocenters. The summed E-state index contributed by atoms with van der Waals surface area (Å²) in [5.41, 5.74) is 2.65. The number of nitrogens with zero attached hydrogens (tertiary/aromatic N) is 1. The Morgan fingerprint density at radius 2 is 1.90 bits per heavy atom. The van der Waals surface area contributed by atoms with Crippen LogP contribution in [0.3, 0.4) is 0 Å². The van der Waals surface area contributed by atoms with Gasteiger partial charge in [-0.3, -0.25) is 4.90 Å². The molecule has 0 spiro atoms. The van der Waals surface area contributed by atoms with Crippen molar-refractivity contribution in [1.82, 2.24) is 4.90 Å². The first-order valence-corrected chi connectivity index (χ1v) is 6.78. The standard InChI is InChI=1S/C16H19NO3/c1-18-15-8-12-5-6-17(11-14-4-3-7-20-14)10-13(12)9-16(15)19-2/h3-4,7-9H,5-6,10-11H2,1-2H3. The van der Waals surface area contributed by atoms with Crippen molar-refractivity contribution < 1.29 is 13.9 Å². The molecule has 0 fully saturated rings. The van der Waals surface area contributed by atoms with E-state index in [1.165, 1.54) is 11.1 Å². The SMILES string of the molecule is COc1cc2c(cc1OC)CN(Cc1ccco1)CC2. The first-order valence-electron chi connectivity index (χ1n) is 6.78. The Kier molecular flexibility index (Phi) is 3.65. The van der Waals surface area contributed by atoms with Gasteiger partial charge < -0.3 is 13.9 Å². The molecule has 0 saturated heterocycles. The molecule has 0 amide bonds. The maximum absolute atomic E-state index is 5.42. The fourth-order valence-corrected chi connectivity index (χ4v) is 2.70. The van der Waals surface area contributed by atoms with E-state index in [1.54, 1.807) is 20.5 Å². The Hall–Kier alpha value is -1.94. The van der Waals surface area contributed by atoms with Crippen molar-refractivity contribution in [3.05, 3.63) is 47.4 Å². The second-order valence-electron chi connectivity index (χ2n) is 5.02. The summed E-state index contributed by atoms with van der Waals surface area (Å²) in [6.45, 7) is 2.79. The van der Waals surface area contributed by atoms with Gasteiger partial charge in [0.25, 0.3) is 0 Å². The summed E-state index contributed by atoms with van der Waals surface area (Å²) in [5, 5.41) is 0. The fraction of sp³-hybridized carbons (Fsp3) is 0.375. The molecule has 0 bridgehead atoms. The summed E-state index contributed by atoms with van der Waals surface area (Å²) in [6, 6.07) is 8.13. The summed E-state index contributed by atoms with van der Waals surface area (Å²) >= 11 is 0. The Bertz CT molecular complexity index is 578. The Morgan fingerprint density at radius 1 is 1.15 bits per heavy atom. The number of hydrogen-bond acceptors (Lipinski definition) is 4. The number of furan rings is 1. The van der Waals surface area contributed by atoms with Crippen LogP contribution in [0.25, 0.3) is 0 Å². The second-order valence-corrected chi connectivity index (χ2v) is 5.02. The molecule has 1 aromatic carbocycles. The van der Waals surface area contributed by atoms with Gasteiger partial charge >= 0.3 is 0 Å². The van der Waals surface area contributed by atoms with E-state index in [0.717, 1.165) is 43.3 Å². The molecule has 4 nitrogen and oxygen atoms in total. The predicted octanol–water partition coefficient (Wildman–Crippen LogP) is 2.86. The molecule has 2 aromatic rings. The van der Waals surface area contributed by atoms with Crippen molar-refractivity contribution in [1.29, 1.82) is 0 Å². The van der Waals surface area contributed by atoms with Crippen molar-refractivity contribution in [2.24, 2.45) is 0 Å². The number of hydrogen-bond donors (Lipinski definition) is 0. The second kappa shape index (κ2) is 5.59. The van der Waals surface area contributed by atoms with Crippen molar-refractivity contribution in [3.63, 3.8) is 0 Å². The zero-order valence-electron chi connectivity index (χ0n) is 11.9. The minimum atomic E-state index is 0.797. The molecule has 0 unspecified atom stereocenters. The van der Waals surface area contributed by atoms with Gasteiger partial charge in [0.2, 0.25) is 0 Å². The average Bonchev–Trinajstić information content (AvgIpc) is 2.98. The zero-order valence-corrected chi connectivity index (χ0v) is 11.9. The van der Waals surface area contributed by atoms with E-state index in [4.69, 9.17) is 13.9 Å². The Morgan fingerprint density at radius 3 is 2.55 bits per heavy atom. The van der Waals surface area contributed by atoms with E-state index in [1.807, 2.05) is 12.1 Å². The van der Waals surface area contributed by atoms with Gasteiger partial charge in [-0.25, -0.2) is 0 Å². The first kappa shape index (κ1) is 13.1. The maximum atomic E-state index is 5.42. The molecule has 20 heavy (non-hydrogen) atoms. The third kappa shape index (κ3) is 2.51. The molecule has 106 valence electrons. The van der Waals surface area contributed by atoms with Gasteiger partial charge in [0.1, 0.15) is 5.76 Å². The third-order valence-corrected chi connectivity index (χ3v) is 3.76. The molecule has 0 N–H and O–H groups in total. The van der Waals surface area contributed by atoms with Crippen molar-refractivity contribution in [2.75, 3.05) is 20.8 Å². The van der Waals surface area contributed by atoms with Crippen molar-refractivity contribution >= 4 is 0 Å². The monoisotopic (exact) mass is 273 g/mol. The molecule has 1 aliphatic heterocycles. The van der Waals surface area contributed by atoms with E-state index in [-0.39, 0.29) is 0 Å². The molecule has 2 heterocycles. The third-order valence-electron chi connectivity index (χ3n) is 3.76. The quantitative estimate of drug-likeness (QED) is 0.858. The fourth-order valence-electron chi connectivity index (χ4n) is 2.70. The minimum Gasteiger partial charge on any atom is -0.493 e. The highest BCUT2D eigenvalue weighted by Gasteiger charge is 2.20. The molecule has 1 aromatic heterocycles. The number of rotatable bonds is 4. The molecule has 1 aliphatic rings. The van der Waals surface area contributed by atoms with Crippen LogP contribution in [0.5, 0.6) is 11.5 Å². The highest BCUT2D eigenvalue weighted by Crippen LogP contribution is 2.33. The summed E-state index contributed by atoms with van der Waals surface area (Å²) < 4.78 is 16.2. The van der Waals surface area contributed by atoms with Gasteiger partial charge in [0.15, 0.2) is 11.5 Å². The van der Waals surface area contributed by atoms with Crippen LogP contribution in [0.1, 0.15) is 16.9 Å². The molecule has 0 saturated carbocycles. The lowest BCUT2D eigenvalue weighted by molar-refractivity contribution is 0.224. The molecule has 0 radical (unpaired) electrons. The summed E-state index contributed by atoms with van der Waals surface area (Å²) in [6.07, 6.45) is 2.75.